The van der Waals surface area contributed by atoms with E-state index in [1.165, 1.54) is 0 Å². The van der Waals surface area contributed by atoms with Gasteiger partial charge in [0.1, 0.15) is 5.69 Å². The molecule has 1 saturated heterocycles. The second kappa shape index (κ2) is 4.02. The van der Waals surface area contributed by atoms with Crippen molar-refractivity contribution in [2.24, 2.45) is 7.05 Å². The second-order valence-electron chi connectivity index (χ2n) is 3.99. The summed E-state index contributed by atoms with van der Waals surface area (Å²) in [5.41, 5.74) is 0.666. The van der Waals surface area contributed by atoms with E-state index in [2.05, 4.69) is 16.9 Å². The van der Waals surface area contributed by atoms with Gasteiger partial charge in [-0.3, -0.25) is 4.79 Å². The zero-order valence-electron chi connectivity index (χ0n) is 9.18. The summed E-state index contributed by atoms with van der Waals surface area (Å²) in [5.74, 6) is 0.0862. The largest absolute Gasteiger partial charge is 0.335 e. The molecule has 0 saturated carbocycles. The van der Waals surface area contributed by atoms with Crippen molar-refractivity contribution in [3.63, 3.8) is 0 Å². The van der Waals surface area contributed by atoms with Gasteiger partial charge in [-0.25, -0.2) is 4.98 Å². The van der Waals surface area contributed by atoms with E-state index in [9.17, 15) is 4.79 Å². The topological polar surface area (TPSA) is 41.4 Å². The first kappa shape index (κ1) is 10.2. The number of rotatable bonds is 1. The van der Waals surface area contributed by atoms with Crippen LogP contribution in [0.2, 0.25) is 0 Å². The van der Waals surface area contributed by atoms with Gasteiger partial charge in [0.2, 0.25) is 0 Å². The van der Waals surface area contributed by atoms with Crippen LogP contribution >= 0.6 is 0 Å². The second-order valence-corrected chi connectivity index (χ2v) is 3.99. The smallest absolute Gasteiger partial charge is 0.272 e. The zero-order chi connectivity index (χ0) is 10.8. The Hall–Kier alpha value is -1.36. The standard InChI is InChI=1S/C10H16N4O/c1-12-3-5-14(6-4-12)10(15)9-7-11-8-13(9)2/h7-8H,3-6H2,1-2H3. The quantitative estimate of drug-likeness (QED) is 0.642. The van der Waals surface area contributed by atoms with Crippen molar-refractivity contribution >= 4 is 5.91 Å². The van der Waals surface area contributed by atoms with E-state index in [1.807, 2.05) is 11.9 Å². The Morgan fingerprint density at radius 1 is 1.27 bits per heavy atom. The molecule has 82 valence electrons. The van der Waals surface area contributed by atoms with Crippen LogP contribution < -0.4 is 0 Å². The number of aromatic nitrogens is 2. The fourth-order valence-corrected chi connectivity index (χ4v) is 1.73. The number of imidazole rings is 1. The summed E-state index contributed by atoms with van der Waals surface area (Å²) in [5, 5.41) is 0. The molecule has 1 aliphatic heterocycles. The lowest BCUT2D eigenvalue weighted by atomic mass is 10.3. The van der Waals surface area contributed by atoms with Gasteiger partial charge in [0.25, 0.3) is 5.91 Å². The molecule has 1 aliphatic rings. The lowest BCUT2D eigenvalue weighted by Gasteiger charge is -2.32. The summed E-state index contributed by atoms with van der Waals surface area (Å²) in [4.78, 5) is 20.1. The van der Waals surface area contributed by atoms with Crippen molar-refractivity contribution in [1.82, 2.24) is 19.4 Å². The van der Waals surface area contributed by atoms with Gasteiger partial charge in [-0.1, -0.05) is 0 Å². The third-order valence-corrected chi connectivity index (χ3v) is 2.83. The summed E-state index contributed by atoms with van der Waals surface area (Å²) in [6.45, 7) is 3.51. The number of likely N-dealkylation sites (N-methyl/N-ethyl adjacent to an activating group) is 1. The third kappa shape index (κ3) is 2.02. The summed E-state index contributed by atoms with van der Waals surface area (Å²) >= 11 is 0. The van der Waals surface area contributed by atoms with Crippen LogP contribution in [0.4, 0.5) is 0 Å². The lowest BCUT2D eigenvalue weighted by Crippen LogP contribution is -2.47. The average molecular weight is 208 g/mol. The van der Waals surface area contributed by atoms with Crippen LogP contribution in [0.1, 0.15) is 10.5 Å². The summed E-state index contributed by atoms with van der Waals surface area (Å²) in [6.07, 6.45) is 3.28. The minimum Gasteiger partial charge on any atom is -0.335 e. The number of carbonyl (C=O) groups is 1. The van der Waals surface area contributed by atoms with Gasteiger partial charge in [-0.2, -0.15) is 0 Å². The van der Waals surface area contributed by atoms with E-state index in [-0.39, 0.29) is 5.91 Å². The van der Waals surface area contributed by atoms with Crippen molar-refractivity contribution in [1.29, 1.82) is 0 Å². The lowest BCUT2D eigenvalue weighted by molar-refractivity contribution is 0.0654. The molecule has 0 bridgehead atoms. The Balaban J connectivity index is 2.06. The van der Waals surface area contributed by atoms with Gasteiger partial charge in [0.15, 0.2) is 0 Å². The Labute approximate surface area is 89.3 Å². The molecule has 0 aliphatic carbocycles. The Morgan fingerprint density at radius 3 is 2.47 bits per heavy atom. The highest BCUT2D eigenvalue weighted by Crippen LogP contribution is 2.06. The van der Waals surface area contributed by atoms with Crippen LogP contribution in [0, 0.1) is 0 Å². The summed E-state index contributed by atoms with van der Waals surface area (Å²) < 4.78 is 1.76. The molecular weight excluding hydrogens is 192 g/mol. The Morgan fingerprint density at radius 2 is 1.93 bits per heavy atom. The molecular formula is C10H16N4O. The van der Waals surface area contributed by atoms with E-state index >= 15 is 0 Å². The predicted molar refractivity (Wildman–Crippen MR) is 56.6 cm³/mol. The normalized spacial score (nSPS) is 18.1. The van der Waals surface area contributed by atoms with Crippen LogP contribution in [-0.2, 0) is 7.05 Å². The molecule has 5 nitrogen and oxygen atoms in total. The molecule has 1 fully saturated rings. The highest BCUT2D eigenvalue weighted by Gasteiger charge is 2.21. The van der Waals surface area contributed by atoms with Crippen molar-refractivity contribution < 1.29 is 4.79 Å². The minimum absolute atomic E-state index is 0.0862. The maximum Gasteiger partial charge on any atom is 0.272 e. The number of aryl methyl sites for hydroxylation is 1. The fourth-order valence-electron chi connectivity index (χ4n) is 1.73. The molecule has 0 N–H and O–H groups in total. The first-order valence-electron chi connectivity index (χ1n) is 5.12. The van der Waals surface area contributed by atoms with Crippen LogP contribution in [0.3, 0.4) is 0 Å². The minimum atomic E-state index is 0.0862. The van der Waals surface area contributed by atoms with Crippen molar-refractivity contribution in [2.75, 3.05) is 33.2 Å². The molecule has 1 aromatic heterocycles. The predicted octanol–water partition coefficient (Wildman–Crippen LogP) is -0.192. The SMILES string of the molecule is CN1CCN(C(=O)c2cncn2C)CC1. The zero-order valence-corrected chi connectivity index (χ0v) is 9.18. The average Bonchev–Trinajstić information content (AvgIpc) is 2.65. The first-order chi connectivity index (χ1) is 7.18. The highest BCUT2D eigenvalue weighted by molar-refractivity contribution is 5.92. The Kier molecular flexibility index (Phi) is 2.73. The number of nitrogens with zero attached hydrogens (tertiary/aromatic N) is 4. The summed E-state index contributed by atoms with van der Waals surface area (Å²) in [6, 6.07) is 0. The van der Waals surface area contributed by atoms with Gasteiger partial charge < -0.3 is 14.4 Å². The van der Waals surface area contributed by atoms with E-state index in [4.69, 9.17) is 0 Å². The molecule has 15 heavy (non-hydrogen) atoms. The number of piperazine rings is 1. The van der Waals surface area contributed by atoms with Crippen LogP contribution in [0.15, 0.2) is 12.5 Å². The molecule has 1 amide bonds. The fraction of sp³-hybridized carbons (Fsp3) is 0.600. The van der Waals surface area contributed by atoms with Gasteiger partial charge in [-0.05, 0) is 7.05 Å². The maximum atomic E-state index is 12.0. The molecule has 2 rings (SSSR count). The van der Waals surface area contributed by atoms with Crippen molar-refractivity contribution in [3.8, 4) is 0 Å². The molecule has 0 radical (unpaired) electrons. The number of amides is 1. The van der Waals surface area contributed by atoms with Gasteiger partial charge >= 0.3 is 0 Å². The van der Waals surface area contributed by atoms with E-state index < -0.39 is 0 Å². The monoisotopic (exact) mass is 208 g/mol. The van der Waals surface area contributed by atoms with E-state index in [1.54, 1.807) is 17.1 Å². The van der Waals surface area contributed by atoms with Gasteiger partial charge in [0.05, 0.1) is 12.5 Å². The highest BCUT2D eigenvalue weighted by atomic mass is 16.2. The molecule has 0 atom stereocenters. The Bertz CT molecular complexity index is 352. The van der Waals surface area contributed by atoms with Crippen LogP contribution in [0.5, 0.6) is 0 Å². The number of hydrogen-bond acceptors (Lipinski definition) is 3. The van der Waals surface area contributed by atoms with Gasteiger partial charge in [-0.15, -0.1) is 0 Å². The molecule has 1 aromatic rings. The van der Waals surface area contributed by atoms with Crippen molar-refractivity contribution in [3.05, 3.63) is 18.2 Å². The first-order valence-corrected chi connectivity index (χ1v) is 5.12. The van der Waals surface area contributed by atoms with Crippen LogP contribution in [-0.4, -0.2) is 58.5 Å². The van der Waals surface area contributed by atoms with Crippen LogP contribution in [0.25, 0.3) is 0 Å². The molecule has 2 heterocycles. The molecule has 0 unspecified atom stereocenters. The molecule has 0 spiro atoms. The van der Waals surface area contributed by atoms with E-state index in [0.29, 0.717) is 5.69 Å². The maximum absolute atomic E-state index is 12.0. The molecule has 0 aromatic carbocycles. The molecule has 5 heteroatoms. The van der Waals surface area contributed by atoms with Crippen molar-refractivity contribution in [2.45, 2.75) is 0 Å². The summed E-state index contributed by atoms with van der Waals surface area (Å²) in [7, 11) is 3.92. The number of hydrogen-bond donors (Lipinski definition) is 0. The van der Waals surface area contributed by atoms with Gasteiger partial charge in [0, 0.05) is 33.2 Å². The van der Waals surface area contributed by atoms with E-state index in [0.717, 1.165) is 26.2 Å². The number of carbonyl (C=O) groups excluding carboxylic acids is 1. The third-order valence-electron chi connectivity index (χ3n) is 2.83.